The van der Waals surface area contributed by atoms with Gasteiger partial charge >= 0.3 is 0 Å². The highest BCUT2D eigenvalue weighted by Gasteiger charge is 2.22. The van der Waals surface area contributed by atoms with Gasteiger partial charge in [0.05, 0.1) is 0 Å². The van der Waals surface area contributed by atoms with Crippen molar-refractivity contribution in [1.29, 1.82) is 0 Å². The Morgan fingerprint density at radius 1 is 1.00 bits per heavy atom. The van der Waals surface area contributed by atoms with E-state index in [1.54, 1.807) is 0 Å². The van der Waals surface area contributed by atoms with E-state index < -0.39 is 0 Å². The quantitative estimate of drug-likeness (QED) is 0.687. The van der Waals surface area contributed by atoms with Crippen molar-refractivity contribution in [3.63, 3.8) is 0 Å². The average molecular weight is 369 g/mol. The number of para-hydroxylation sites is 1. The molecule has 1 amide bonds. The van der Waals surface area contributed by atoms with Crippen LogP contribution in [0.3, 0.4) is 0 Å². The van der Waals surface area contributed by atoms with Crippen molar-refractivity contribution in [1.82, 2.24) is 9.88 Å². The molecular formula is C19H17BrN2O. The molecular weight excluding hydrogens is 352 g/mol. The molecule has 0 fully saturated rings. The molecule has 4 heteroatoms. The van der Waals surface area contributed by atoms with Crippen LogP contribution < -0.4 is 0 Å². The Bertz CT molecular complexity index is 867. The lowest BCUT2D eigenvalue weighted by atomic mass is 10.1. The van der Waals surface area contributed by atoms with Crippen LogP contribution >= 0.6 is 15.9 Å². The predicted octanol–water partition coefficient (Wildman–Crippen LogP) is 4.17. The maximum absolute atomic E-state index is 12.7. The summed E-state index contributed by atoms with van der Waals surface area (Å²) in [6.45, 7) is 1.53. The minimum absolute atomic E-state index is 0.118. The van der Waals surface area contributed by atoms with Gasteiger partial charge in [-0.2, -0.15) is 0 Å². The van der Waals surface area contributed by atoms with Crippen molar-refractivity contribution in [3.05, 3.63) is 69.8 Å². The van der Waals surface area contributed by atoms with E-state index in [1.807, 2.05) is 29.2 Å². The number of aromatic nitrogens is 1. The molecule has 3 nitrogen and oxygen atoms in total. The van der Waals surface area contributed by atoms with E-state index in [0.29, 0.717) is 0 Å². The number of benzene rings is 2. The monoisotopic (exact) mass is 368 g/mol. The molecule has 0 atom stereocenters. The maximum atomic E-state index is 12.7. The highest BCUT2D eigenvalue weighted by molar-refractivity contribution is 9.10. The zero-order valence-electron chi connectivity index (χ0n) is 12.7. The number of carbonyl (C=O) groups excluding carboxylic acids is 1. The summed E-state index contributed by atoms with van der Waals surface area (Å²) in [5, 5.41) is 1.29. The maximum Gasteiger partial charge on any atom is 0.253 e. The Balaban J connectivity index is 1.58. The topological polar surface area (TPSA) is 36.1 Å². The molecule has 2 heterocycles. The van der Waals surface area contributed by atoms with Crippen LogP contribution in [-0.4, -0.2) is 28.9 Å². The standard InChI is InChI=1S/C19H17BrN2O/c20-14-7-5-13(6-8-14)19(23)22-11-9-16-15-3-1-2-4-17(15)21-18(16)10-12-22/h1-8,21H,9-12H2. The molecule has 3 aromatic rings. The van der Waals surface area contributed by atoms with Gasteiger partial charge in [-0.25, -0.2) is 0 Å². The largest absolute Gasteiger partial charge is 0.358 e. The van der Waals surface area contributed by atoms with Crippen LogP contribution in [0.1, 0.15) is 21.6 Å². The van der Waals surface area contributed by atoms with Crippen LogP contribution in [0, 0.1) is 0 Å². The lowest BCUT2D eigenvalue weighted by Gasteiger charge is -2.20. The highest BCUT2D eigenvalue weighted by Crippen LogP contribution is 2.26. The first kappa shape index (κ1) is 14.5. The third-order valence-electron chi connectivity index (χ3n) is 4.54. The summed E-state index contributed by atoms with van der Waals surface area (Å²) in [5.41, 5.74) is 4.60. The lowest BCUT2D eigenvalue weighted by Crippen LogP contribution is -2.33. The predicted molar refractivity (Wildman–Crippen MR) is 95.8 cm³/mol. The number of amides is 1. The molecule has 0 radical (unpaired) electrons. The van der Waals surface area contributed by atoms with E-state index in [-0.39, 0.29) is 5.91 Å². The van der Waals surface area contributed by atoms with Crippen LogP contribution in [-0.2, 0) is 12.8 Å². The molecule has 116 valence electrons. The van der Waals surface area contributed by atoms with E-state index in [0.717, 1.165) is 36.0 Å². The van der Waals surface area contributed by atoms with E-state index in [1.165, 1.54) is 22.2 Å². The van der Waals surface area contributed by atoms with Crippen molar-refractivity contribution in [2.75, 3.05) is 13.1 Å². The number of nitrogens with zero attached hydrogens (tertiary/aromatic N) is 1. The minimum Gasteiger partial charge on any atom is -0.358 e. The summed E-state index contributed by atoms with van der Waals surface area (Å²) >= 11 is 3.41. The summed E-state index contributed by atoms with van der Waals surface area (Å²) in [5.74, 6) is 0.118. The molecule has 4 rings (SSSR count). The van der Waals surface area contributed by atoms with Gasteiger partial charge in [0, 0.05) is 46.1 Å². The Labute approximate surface area is 143 Å². The number of halogens is 1. The molecule has 2 aromatic carbocycles. The summed E-state index contributed by atoms with van der Waals surface area (Å²) in [6, 6.07) is 16.0. The van der Waals surface area contributed by atoms with Crippen LogP contribution in [0.15, 0.2) is 53.0 Å². The molecule has 1 aliphatic rings. The third-order valence-corrected chi connectivity index (χ3v) is 5.07. The normalized spacial score (nSPS) is 14.6. The molecule has 1 aromatic heterocycles. The van der Waals surface area contributed by atoms with Crippen molar-refractivity contribution >= 4 is 32.7 Å². The van der Waals surface area contributed by atoms with Gasteiger partial charge in [-0.1, -0.05) is 34.1 Å². The van der Waals surface area contributed by atoms with Crippen LogP contribution in [0.2, 0.25) is 0 Å². The van der Waals surface area contributed by atoms with Gasteiger partial charge in [0.15, 0.2) is 0 Å². The molecule has 23 heavy (non-hydrogen) atoms. The smallest absolute Gasteiger partial charge is 0.253 e. The van der Waals surface area contributed by atoms with Gasteiger partial charge in [0.2, 0.25) is 0 Å². The first-order valence-corrected chi connectivity index (χ1v) is 8.65. The van der Waals surface area contributed by atoms with Gasteiger partial charge in [0.1, 0.15) is 0 Å². The lowest BCUT2D eigenvalue weighted by molar-refractivity contribution is 0.0763. The van der Waals surface area contributed by atoms with E-state index in [4.69, 9.17) is 0 Å². The summed E-state index contributed by atoms with van der Waals surface area (Å²) < 4.78 is 0.992. The molecule has 1 N–H and O–H groups in total. The van der Waals surface area contributed by atoms with Crippen molar-refractivity contribution in [3.8, 4) is 0 Å². The number of carbonyl (C=O) groups is 1. The first-order valence-electron chi connectivity index (χ1n) is 7.85. The first-order chi connectivity index (χ1) is 11.2. The number of aromatic amines is 1. The van der Waals surface area contributed by atoms with Gasteiger partial charge in [0.25, 0.3) is 5.91 Å². The Morgan fingerprint density at radius 2 is 1.74 bits per heavy atom. The number of nitrogens with one attached hydrogen (secondary N) is 1. The van der Waals surface area contributed by atoms with E-state index in [9.17, 15) is 4.79 Å². The molecule has 1 aliphatic heterocycles. The van der Waals surface area contributed by atoms with Crippen molar-refractivity contribution in [2.24, 2.45) is 0 Å². The molecule has 0 spiro atoms. The molecule has 0 aliphatic carbocycles. The Morgan fingerprint density at radius 3 is 2.57 bits per heavy atom. The number of fused-ring (bicyclic) bond motifs is 3. The second kappa shape index (κ2) is 5.85. The second-order valence-electron chi connectivity index (χ2n) is 5.93. The second-order valence-corrected chi connectivity index (χ2v) is 6.84. The fourth-order valence-electron chi connectivity index (χ4n) is 3.34. The number of hydrogen-bond donors (Lipinski definition) is 1. The fraction of sp³-hybridized carbons (Fsp3) is 0.211. The number of hydrogen-bond acceptors (Lipinski definition) is 1. The molecule has 0 saturated carbocycles. The van der Waals surface area contributed by atoms with Crippen LogP contribution in [0.25, 0.3) is 10.9 Å². The summed E-state index contributed by atoms with van der Waals surface area (Å²) in [4.78, 5) is 18.2. The van der Waals surface area contributed by atoms with Gasteiger partial charge in [-0.05, 0) is 42.3 Å². The zero-order valence-corrected chi connectivity index (χ0v) is 14.3. The van der Waals surface area contributed by atoms with Crippen LogP contribution in [0.4, 0.5) is 0 Å². The van der Waals surface area contributed by atoms with Crippen LogP contribution in [0.5, 0.6) is 0 Å². The Hall–Kier alpha value is -2.07. The van der Waals surface area contributed by atoms with Gasteiger partial charge in [-0.15, -0.1) is 0 Å². The number of rotatable bonds is 1. The third kappa shape index (κ3) is 2.68. The molecule has 0 bridgehead atoms. The zero-order chi connectivity index (χ0) is 15.8. The SMILES string of the molecule is O=C(c1ccc(Br)cc1)N1CCc2[nH]c3ccccc3c2CC1. The van der Waals surface area contributed by atoms with Crippen molar-refractivity contribution in [2.45, 2.75) is 12.8 Å². The summed E-state index contributed by atoms with van der Waals surface area (Å²) in [6.07, 6.45) is 1.79. The minimum atomic E-state index is 0.118. The average Bonchev–Trinajstić information content (AvgIpc) is 2.79. The number of H-pyrrole nitrogens is 1. The van der Waals surface area contributed by atoms with E-state index >= 15 is 0 Å². The highest BCUT2D eigenvalue weighted by atomic mass is 79.9. The summed E-state index contributed by atoms with van der Waals surface area (Å²) in [7, 11) is 0. The molecule has 0 unspecified atom stereocenters. The Kier molecular flexibility index (Phi) is 3.69. The van der Waals surface area contributed by atoms with E-state index in [2.05, 4.69) is 45.2 Å². The molecule has 0 saturated heterocycles. The van der Waals surface area contributed by atoms with Gasteiger partial charge < -0.3 is 9.88 Å². The van der Waals surface area contributed by atoms with Crippen molar-refractivity contribution < 1.29 is 4.79 Å². The van der Waals surface area contributed by atoms with Gasteiger partial charge in [-0.3, -0.25) is 4.79 Å². The fourth-order valence-corrected chi connectivity index (χ4v) is 3.60.